The molecule has 2 aromatic rings. The van der Waals surface area contributed by atoms with Crippen LogP contribution in [0.5, 0.6) is 5.75 Å². The maximum atomic E-state index is 12.3. The van der Waals surface area contributed by atoms with Gasteiger partial charge in [0.05, 0.1) is 19.3 Å². The first-order chi connectivity index (χ1) is 14.8. The lowest BCUT2D eigenvalue weighted by atomic mass is 10.2. The van der Waals surface area contributed by atoms with Crippen molar-refractivity contribution in [3.05, 3.63) is 48.2 Å². The van der Waals surface area contributed by atoms with E-state index in [4.69, 9.17) is 9.47 Å². The molecule has 9 nitrogen and oxygen atoms in total. The molecule has 0 atom stereocenters. The smallest absolute Gasteiger partial charge is 0.241 e. The third-order valence-electron chi connectivity index (χ3n) is 4.46. The largest absolute Gasteiger partial charge is 0.491 e. The molecule has 0 aliphatic carbocycles. The van der Waals surface area contributed by atoms with Gasteiger partial charge in [0.15, 0.2) is 0 Å². The fraction of sp³-hybridized carbons (Fsp3) is 0.429. The van der Waals surface area contributed by atoms with E-state index in [0.717, 1.165) is 24.5 Å². The molecule has 10 heteroatoms. The summed E-state index contributed by atoms with van der Waals surface area (Å²) in [4.78, 5) is 18.7. The van der Waals surface area contributed by atoms with E-state index in [0.29, 0.717) is 24.7 Å². The van der Waals surface area contributed by atoms with Gasteiger partial charge in [0, 0.05) is 31.5 Å². The minimum absolute atomic E-state index is 0.0246. The fourth-order valence-corrected chi connectivity index (χ4v) is 4.06. The van der Waals surface area contributed by atoms with Gasteiger partial charge >= 0.3 is 0 Å². The van der Waals surface area contributed by atoms with Crippen LogP contribution in [0, 0.1) is 0 Å². The van der Waals surface area contributed by atoms with Crippen molar-refractivity contribution in [2.75, 3.05) is 41.7 Å². The number of rotatable bonds is 9. The van der Waals surface area contributed by atoms with Crippen molar-refractivity contribution in [3.8, 4) is 5.75 Å². The number of nitrogens with zero attached hydrogens (tertiary/aromatic N) is 2. The van der Waals surface area contributed by atoms with Crippen molar-refractivity contribution in [1.29, 1.82) is 0 Å². The minimum atomic E-state index is -3.84. The second-order valence-electron chi connectivity index (χ2n) is 7.45. The zero-order valence-corrected chi connectivity index (χ0v) is 18.5. The summed E-state index contributed by atoms with van der Waals surface area (Å²) in [6.45, 7) is 6.86. The van der Waals surface area contributed by atoms with Crippen molar-refractivity contribution in [2.45, 2.75) is 26.5 Å². The minimum Gasteiger partial charge on any atom is -0.491 e. The van der Waals surface area contributed by atoms with Crippen molar-refractivity contribution in [2.24, 2.45) is 0 Å². The predicted molar refractivity (Wildman–Crippen MR) is 119 cm³/mol. The van der Waals surface area contributed by atoms with Crippen molar-refractivity contribution < 1.29 is 22.7 Å². The highest BCUT2D eigenvalue weighted by molar-refractivity contribution is 7.93. The number of hydrogen-bond donors (Lipinski definition) is 2. The number of anilines is 2. The normalized spacial score (nSPS) is 14.4. The molecule has 1 fully saturated rings. The highest BCUT2D eigenvalue weighted by atomic mass is 32.2. The Hall–Kier alpha value is -2.85. The third kappa shape index (κ3) is 7.41. The molecule has 0 radical (unpaired) electrons. The predicted octanol–water partition coefficient (Wildman–Crippen LogP) is 1.76. The van der Waals surface area contributed by atoms with Gasteiger partial charge < -0.3 is 19.7 Å². The molecular weight excluding hydrogens is 420 g/mol. The van der Waals surface area contributed by atoms with Crippen LogP contribution in [0.15, 0.2) is 42.6 Å². The first kappa shape index (κ1) is 22.8. The molecule has 1 aromatic heterocycles. The van der Waals surface area contributed by atoms with Crippen LogP contribution >= 0.6 is 0 Å². The van der Waals surface area contributed by atoms with Gasteiger partial charge in [-0.05, 0) is 55.8 Å². The van der Waals surface area contributed by atoms with Gasteiger partial charge in [0.25, 0.3) is 0 Å². The molecule has 1 aliphatic heterocycles. The molecule has 3 rings (SSSR count). The molecule has 1 saturated heterocycles. The second kappa shape index (κ2) is 10.5. The summed E-state index contributed by atoms with van der Waals surface area (Å²) in [5.74, 6) is 0.203. The third-order valence-corrected chi connectivity index (χ3v) is 5.64. The molecule has 0 spiro atoms. The molecule has 0 bridgehead atoms. The summed E-state index contributed by atoms with van der Waals surface area (Å²) in [7, 11) is -3.84. The highest BCUT2D eigenvalue weighted by Gasteiger charge is 2.17. The van der Waals surface area contributed by atoms with E-state index in [1.54, 1.807) is 36.5 Å². The maximum absolute atomic E-state index is 12.3. The van der Waals surface area contributed by atoms with E-state index in [2.05, 4.69) is 19.9 Å². The molecule has 31 heavy (non-hydrogen) atoms. The summed E-state index contributed by atoms with van der Waals surface area (Å²) in [5, 5.41) is 2.65. The van der Waals surface area contributed by atoms with E-state index in [-0.39, 0.29) is 12.6 Å². The van der Waals surface area contributed by atoms with E-state index in [9.17, 15) is 13.2 Å². The van der Waals surface area contributed by atoms with Crippen molar-refractivity contribution in [3.63, 3.8) is 0 Å². The number of benzene rings is 1. The lowest BCUT2D eigenvalue weighted by Gasteiger charge is -2.28. The van der Waals surface area contributed by atoms with E-state index >= 15 is 0 Å². The van der Waals surface area contributed by atoms with Crippen LogP contribution in [0.3, 0.4) is 0 Å². The zero-order valence-electron chi connectivity index (χ0n) is 17.7. The Morgan fingerprint density at radius 2 is 1.90 bits per heavy atom. The average molecular weight is 449 g/mol. The first-order valence-corrected chi connectivity index (χ1v) is 11.8. The molecule has 1 amide bonds. The number of hydrogen-bond acceptors (Lipinski definition) is 7. The number of amides is 1. The van der Waals surface area contributed by atoms with Crippen LogP contribution in [0.4, 0.5) is 11.5 Å². The topological polar surface area (TPSA) is 110 Å². The number of carbonyl (C=O) groups is 1. The molecule has 0 unspecified atom stereocenters. The lowest BCUT2D eigenvalue weighted by Crippen LogP contribution is -2.37. The molecule has 0 saturated carbocycles. The molecule has 168 valence electrons. The van der Waals surface area contributed by atoms with E-state index < -0.39 is 21.7 Å². The Bertz CT molecular complexity index is 974. The summed E-state index contributed by atoms with van der Waals surface area (Å²) in [6.07, 6.45) is 1.70. The van der Waals surface area contributed by atoms with Gasteiger partial charge in [-0.15, -0.1) is 0 Å². The Balaban J connectivity index is 1.50. The first-order valence-electron chi connectivity index (χ1n) is 10.1. The lowest BCUT2D eigenvalue weighted by molar-refractivity contribution is -0.118. The maximum Gasteiger partial charge on any atom is 0.241 e. The molecule has 2 N–H and O–H groups in total. The highest BCUT2D eigenvalue weighted by Crippen LogP contribution is 2.18. The SMILES string of the molecule is CC(C)Oc1ccc(NS(=O)(=O)CC(=O)NCc2ccnc(N3CCOCC3)c2)cc1. The van der Waals surface area contributed by atoms with E-state index in [1.165, 1.54) is 0 Å². The van der Waals surface area contributed by atoms with Crippen molar-refractivity contribution in [1.82, 2.24) is 10.3 Å². The number of carbonyl (C=O) groups excluding carboxylic acids is 1. The summed E-state index contributed by atoms with van der Waals surface area (Å²) in [5.41, 5.74) is 1.21. The van der Waals surface area contributed by atoms with Crippen LogP contribution in [-0.2, 0) is 26.1 Å². The zero-order chi connectivity index (χ0) is 22.3. The summed E-state index contributed by atoms with van der Waals surface area (Å²) in [6, 6.07) is 10.2. The molecule has 2 heterocycles. The number of aromatic nitrogens is 1. The van der Waals surface area contributed by atoms with Gasteiger partial charge in [0.1, 0.15) is 17.3 Å². The van der Waals surface area contributed by atoms with Crippen LogP contribution < -0.4 is 19.7 Å². The number of ether oxygens (including phenoxy) is 2. The van der Waals surface area contributed by atoms with Gasteiger partial charge in [-0.1, -0.05) is 0 Å². The number of sulfonamides is 1. The Labute approximate surface area is 182 Å². The monoisotopic (exact) mass is 448 g/mol. The number of morpholine rings is 1. The summed E-state index contributed by atoms with van der Waals surface area (Å²) >= 11 is 0. The Kier molecular flexibility index (Phi) is 7.69. The Morgan fingerprint density at radius 1 is 1.19 bits per heavy atom. The quantitative estimate of drug-likeness (QED) is 0.602. The molecule has 1 aromatic carbocycles. The summed E-state index contributed by atoms with van der Waals surface area (Å²) < 4.78 is 37.9. The number of nitrogens with one attached hydrogen (secondary N) is 2. The van der Waals surface area contributed by atoms with Crippen LogP contribution in [0.1, 0.15) is 19.4 Å². The van der Waals surface area contributed by atoms with Crippen molar-refractivity contribution >= 4 is 27.4 Å². The molecular formula is C21H28N4O5S. The van der Waals surface area contributed by atoms with E-state index in [1.807, 2.05) is 19.9 Å². The number of pyridine rings is 1. The fourth-order valence-electron chi connectivity index (χ4n) is 3.05. The average Bonchev–Trinajstić information content (AvgIpc) is 2.74. The standard InChI is InChI=1S/C21H28N4O5S/c1-16(2)30-19-5-3-18(4-6-19)24-31(27,28)15-21(26)23-14-17-7-8-22-20(13-17)25-9-11-29-12-10-25/h3-8,13,16,24H,9-12,14-15H2,1-2H3,(H,23,26). The van der Waals surface area contributed by atoms with Gasteiger partial charge in [-0.2, -0.15) is 0 Å². The Morgan fingerprint density at radius 3 is 2.58 bits per heavy atom. The molecule has 1 aliphatic rings. The van der Waals surface area contributed by atoms with Crippen LogP contribution in [0.2, 0.25) is 0 Å². The van der Waals surface area contributed by atoms with Gasteiger partial charge in [-0.3, -0.25) is 9.52 Å². The van der Waals surface area contributed by atoms with Crippen LogP contribution in [0.25, 0.3) is 0 Å². The van der Waals surface area contributed by atoms with Crippen LogP contribution in [-0.4, -0.2) is 57.5 Å². The van der Waals surface area contributed by atoms with Gasteiger partial charge in [-0.25, -0.2) is 13.4 Å². The van der Waals surface area contributed by atoms with Gasteiger partial charge in [0.2, 0.25) is 15.9 Å². The second-order valence-corrected chi connectivity index (χ2v) is 9.17.